The predicted molar refractivity (Wildman–Crippen MR) is 116 cm³/mol. The van der Waals surface area contributed by atoms with E-state index in [0.717, 1.165) is 41.7 Å². The van der Waals surface area contributed by atoms with Crippen molar-refractivity contribution >= 4 is 37.1 Å². The van der Waals surface area contributed by atoms with Gasteiger partial charge in [0, 0.05) is 44.1 Å². The first-order chi connectivity index (χ1) is 13.8. The molecule has 1 aliphatic rings. The molecule has 156 valence electrons. The van der Waals surface area contributed by atoms with Crippen molar-refractivity contribution in [2.75, 3.05) is 6.61 Å². The quantitative estimate of drug-likeness (QED) is 0.379. The number of amides is 1. The second kappa shape index (κ2) is 8.92. The first kappa shape index (κ1) is 21.3. The largest absolute Gasteiger partial charge is 0.465 e. The van der Waals surface area contributed by atoms with Gasteiger partial charge >= 0.3 is 6.09 Å². The van der Waals surface area contributed by atoms with Gasteiger partial charge in [-0.25, -0.2) is 9.78 Å². The Labute approximate surface area is 171 Å². The maximum absolute atomic E-state index is 11.8. The van der Waals surface area contributed by atoms with Crippen LogP contribution in [0.15, 0.2) is 24.5 Å². The van der Waals surface area contributed by atoms with E-state index in [2.05, 4.69) is 36.0 Å². The van der Waals surface area contributed by atoms with Crippen molar-refractivity contribution in [2.24, 2.45) is 0 Å². The van der Waals surface area contributed by atoms with Crippen molar-refractivity contribution in [2.45, 2.75) is 57.7 Å². The lowest BCUT2D eigenvalue weighted by molar-refractivity contribution is 0.0897. The van der Waals surface area contributed by atoms with Crippen LogP contribution in [0.5, 0.6) is 0 Å². The molecule has 1 amide bonds. The number of nitrogens with one attached hydrogen (secondary N) is 1. The predicted octanol–water partition coefficient (Wildman–Crippen LogP) is 4.36. The normalized spacial score (nSPS) is 17.2. The number of pyridine rings is 1. The van der Waals surface area contributed by atoms with E-state index in [0.29, 0.717) is 31.0 Å². The number of aromatic nitrogens is 2. The highest BCUT2D eigenvalue weighted by Gasteiger charge is 2.22. The second-order valence-corrected chi connectivity index (χ2v) is 14.4. The Balaban J connectivity index is 1.86. The van der Waals surface area contributed by atoms with Crippen molar-refractivity contribution in [1.29, 1.82) is 0 Å². The number of carbonyl (C=O) groups is 2. The molecular formula is C21H29N3O4Si. The number of carbonyl (C=O) groups excluding carboxylic acids is 1. The van der Waals surface area contributed by atoms with E-state index in [1.165, 1.54) is 0 Å². The van der Waals surface area contributed by atoms with Gasteiger partial charge in [0.15, 0.2) is 6.29 Å². The molecule has 0 saturated heterocycles. The SMILES string of the molecule is C[Si](C)(C)CCOCn1cc(C=O)c2c(C3=CCCC(NC(=O)O)C3)ccnc21. The minimum Gasteiger partial charge on any atom is -0.465 e. The molecule has 0 fully saturated rings. The third-order valence-electron chi connectivity index (χ3n) is 5.19. The van der Waals surface area contributed by atoms with Gasteiger partial charge in [-0.15, -0.1) is 0 Å². The number of aldehydes is 1. The smallest absolute Gasteiger partial charge is 0.404 e. The summed E-state index contributed by atoms with van der Waals surface area (Å²) >= 11 is 0. The molecule has 2 heterocycles. The number of hydrogen-bond donors (Lipinski definition) is 2. The summed E-state index contributed by atoms with van der Waals surface area (Å²) in [4.78, 5) is 27.3. The zero-order chi connectivity index (χ0) is 21.0. The molecule has 8 heteroatoms. The lowest BCUT2D eigenvalue weighted by Gasteiger charge is -2.23. The van der Waals surface area contributed by atoms with Gasteiger partial charge < -0.3 is 19.7 Å². The summed E-state index contributed by atoms with van der Waals surface area (Å²) in [7, 11) is -1.16. The zero-order valence-electron chi connectivity index (χ0n) is 17.3. The van der Waals surface area contributed by atoms with E-state index in [9.17, 15) is 9.59 Å². The highest BCUT2D eigenvalue weighted by Crippen LogP contribution is 2.33. The number of allylic oxidation sites excluding steroid dienone is 1. The standard InChI is InChI=1S/C21H29N3O4Si/c1-29(2,3)10-9-28-14-24-12-16(13-25)19-18(7-8-22-20(19)24)15-5-4-6-17(11-15)23-21(26)27/h5,7-8,12-13,17,23H,4,6,9-11,14H2,1-3H3,(H,26,27). The first-order valence-electron chi connectivity index (χ1n) is 9.98. The Hall–Kier alpha value is -2.45. The summed E-state index contributed by atoms with van der Waals surface area (Å²) in [6, 6.07) is 2.86. The van der Waals surface area contributed by atoms with Crippen LogP contribution in [-0.2, 0) is 11.5 Å². The maximum Gasteiger partial charge on any atom is 0.404 e. The number of carboxylic acid groups (broad SMARTS) is 1. The average Bonchev–Trinajstić information content (AvgIpc) is 3.02. The third-order valence-corrected chi connectivity index (χ3v) is 6.89. The molecule has 2 aromatic rings. The number of hydrogen-bond acceptors (Lipinski definition) is 4. The second-order valence-electron chi connectivity index (χ2n) is 8.73. The maximum atomic E-state index is 11.8. The molecule has 0 aromatic carbocycles. The summed E-state index contributed by atoms with van der Waals surface area (Å²) in [5.74, 6) is 0. The van der Waals surface area contributed by atoms with Gasteiger partial charge in [0.2, 0.25) is 0 Å². The first-order valence-corrected chi connectivity index (χ1v) is 13.7. The van der Waals surface area contributed by atoms with Crippen LogP contribution in [0, 0.1) is 0 Å². The molecule has 1 atom stereocenters. The number of fused-ring (bicyclic) bond motifs is 1. The van der Waals surface area contributed by atoms with Crippen LogP contribution in [0.25, 0.3) is 16.6 Å². The lowest BCUT2D eigenvalue weighted by Crippen LogP contribution is -2.34. The lowest BCUT2D eigenvalue weighted by atomic mass is 9.89. The number of nitrogens with zero attached hydrogens (tertiary/aromatic N) is 2. The Kier molecular flexibility index (Phi) is 6.54. The molecule has 0 saturated carbocycles. The van der Waals surface area contributed by atoms with Crippen molar-refractivity contribution in [1.82, 2.24) is 14.9 Å². The molecule has 2 N–H and O–H groups in total. The molecule has 0 bridgehead atoms. The molecule has 0 radical (unpaired) electrons. The molecule has 1 unspecified atom stereocenters. The zero-order valence-corrected chi connectivity index (χ0v) is 18.3. The molecule has 29 heavy (non-hydrogen) atoms. The van der Waals surface area contributed by atoms with E-state index >= 15 is 0 Å². The highest BCUT2D eigenvalue weighted by molar-refractivity contribution is 6.76. The van der Waals surface area contributed by atoms with Crippen molar-refractivity contribution in [3.8, 4) is 0 Å². The van der Waals surface area contributed by atoms with Gasteiger partial charge in [0.25, 0.3) is 0 Å². The van der Waals surface area contributed by atoms with Gasteiger partial charge in [-0.1, -0.05) is 25.7 Å². The summed E-state index contributed by atoms with van der Waals surface area (Å²) in [6.07, 6.45) is 7.66. The van der Waals surface area contributed by atoms with Crippen molar-refractivity contribution in [3.63, 3.8) is 0 Å². The summed E-state index contributed by atoms with van der Waals surface area (Å²) < 4.78 is 7.74. The molecule has 2 aromatic heterocycles. The Bertz CT molecular complexity index is 930. The molecule has 0 spiro atoms. The van der Waals surface area contributed by atoms with E-state index < -0.39 is 14.2 Å². The van der Waals surface area contributed by atoms with Gasteiger partial charge in [0.1, 0.15) is 12.4 Å². The van der Waals surface area contributed by atoms with Crippen molar-refractivity contribution in [3.05, 3.63) is 35.7 Å². The van der Waals surface area contributed by atoms with E-state index in [-0.39, 0.29) is 6.04 Å². The van der Waals surface area contributed by atoms with Crippen LogP contribution < -0.4 is 5.32 Å². The molecule has 7 nitrogen and oxygen atoms in total. The van der Waals surface area contributed by atoms with Crippen LogP contribution in [0.3, 0.4) is 0 Å². The number of rotatable bonds is 8. The Morgan fingerprint density at radius 1 is 1.45 bits per heavy atom. The van der Waals surface area contributed by atoms with Crippen LogP contribution in [0.4, 0.5) is 4.79 Å². The topological polar surface area (TPSA) is 93.5 Å². The molecule has 3 rings (SSSR count). The Morgan fingerprint density at radius 3 is 2.93 bits per heavy atom. The van der Waals surface area contributed by atoms with Crippen LogP contribution in [0.1, 0.15) is 35.2 Å². The minimum absolute atomic E-state index is 0.123. The molecule has 0 aliphatic heterocycles. The fraction of sp³-hybridized carbons (Fsp3) is 0.476. The van der Waals surface area contributed by atoms with E-state index in [1.54, 1.807) is 12.4 Å². The van der Waals surface area contributed by atoms with Crippen molar-refractivity contribution < 1.29 is 19.4 Å². The van der Waals surface area contributed by atoms with Gasteiger partial charge in [-0.2, -0.15) is 0 Å². The summed E-state index contributed by atoms with van der Waals surface area (Å²) in [5.41, 5.74) is 3.27. The Morgan fingerprint density at radius 2 is 2.24 bits per heavy atom. The van der Waals surface area contributed by atoms with Crippen LogP contribution in [0.2, 0.25) is 25.7 Å². The monoisotopic (exact) mass is 415 g/mol. The van der Waals surface area contributed by atoms with E-state index in [1.807, 2.05) is 10.6 Å². The summed E-state index contributed by atoms with van der Waals surface area (Å²) in [6.45, 7) is 7.98. The fourth-order valence-electron chi connectivity index (χ4n) is 3.67. The van der Waals surface area contributed by atoms with Crippen LogP contribution in [-0.4, -0.2) is 47.8 Å². The molecular weight excluding hydrogens is 386 g/mol. The fourth-order valence-corrected chi connectivity index (χ4v) is 4.43. The molecule has 1 aliphatic carbocycles. The third kappa shape index (κ3) is 5.33. The van der Waals surface area contributed by atoms with Crippen LogP contribution >= 0.6 is 0 Å². The average molecular weight is 416 g/mol. The highest BCUT2D eigenvalue weighted by atomic mass is 28.3. The number of ether oxygens (including phenoxy) is 1. The van der Waals surface area contributed by atoms with E-state index in [4.69, 9.17) is 9.84 Å². The van der Waals surface area contributed by atoms with Gasteiger partial charge in [-0.3, -0.25) is 4.79 Å². The van der Waals surface area contributed by atoms with Gasteiger partial charge in [-0.05, 0) is 42.5 Å². The van der Waals surface area contributed by atoms with Gasteiger partial charge in [0.05, 0.1) is 0 Å². The minimum atomic E-state index is -1.16. The summed E-state index contributed by atoms with van der Waals surface area (Å²) in [5, 5.41) is 12.4.